The van der Waals surface area contributed by atoms with Crippen molar-refractivity contribution in [3.05, 3.63) is 91.0 Å². The third-order valence-electron chi connectivity index (χ3n) is 3.68. The lowest BCUT2D eigenvalue weighted by Crippen LogP contribution is -1.99. The quantitative estimate of drug-likeness (QED) is 0.552. The number of nitrogens with zero attached hydrogens (tertiary/aromatic N) is 3. The summed E-state index contributed by atoms with van der Waals surface area (Å²) >= 11 is 0. The molecule has 0 spiro atoms. The van der Waals surface area contributed by atoms with Crippen LogP contribution in [0.5, 0.6) is 0 Å². The van der Waals surface area contributed by atoms with E-state index >= 15 is 0 Å². The van der Waals surface area contributed by atoms with Gasteiger partial charge in [-0.05, 0) is 6.07 Å². The van der Waals surface area contributed by atoms with Crippen molar-refractivity contribution in [1.29, 1.82) is 0 Å². The molecule has 1 radical (unpaired) electrons. The minimum absolute atomic E-state index is 0.664. The zero-order valence-corrected chi connectivity index (χ0v) is 12.9. The van der Waals surface area contributed by atoms with Crippen LogP contribution in [0.25, 0.3) is 34.2 Å². The number of hydrogen-bond acceptors (Lipinski definition) is 3. The molecular formula is C21H14N3. The molecule has 0 atom stereocenters. The molecule has 0 saturated carbocycles. The predicted octanol–water partition coefficient (Wildman–Crippen LogP) is 4.67. The summed E-state index contributed by atoms with van der Waals surface area (Å²) in [5.74, 6) is 2.01. The molecule has 4 rings (SSSR count). The maximum Gasteiger partial charge on any atom is 0.164 e. The fraction of sp³-hybridized carbons (Fsp3) is 0. The Morgan fingerprint density at radius 1 is 0.458 bits per heavy atom. The van der Waals surface area contributed by atoms with Crippen molar-refractivity contribution in [2.45, 2.75) is 0 Å². The zero-order valence-electron chi connectivity index (χ0n) is 12.9. The van der Waals surface area contributed by atoms with Crippen LogP contribution in [0.1, 0.15) is 0 Å². The molecule has 3 heteroatoms. The molecule has 0 saturated heterocycles. The van der Waals surface area contributed by atoms with Crippen LogP contribution >= 0.6 is 0 Å². The van der Waals surface area contributed by atoms with Crippen molar-refractivity contribution in [2.75, 3.05) is 0 Å². The molecule has 0 N–H and O–H groups in total. The predicted molar refractivity (Wildman–Crippen MR) is 95.0 cm³/mol. The first kappa shape index (κ1) is 14.3. The minimum Gasteiger partial charge on any atom is -0.208 e. The van der Waals surface area contributed by atoms with Crippen molar-refractivity contribution in [2.24, 2.45) is 0 Å². The molecular weight excluding hydrogens is 294 g/mol. The van der Waals surface area contributed by atoms with Gasteiger partial charge in [0.1, 0.15) is 0 Å². The van der Waals surface area contributed by atoms with Crippen LogP contribution in [0, 0.1) is 6.07 Å². The van der Waals surface area contributed by atoms with Crippen molar-refractivity contribution in [3.63, 3.8) is 0 Å². The van der Waals surface area contributed by atoms with E-state index in [-0.39, 0.29) is 0 Å². The highest BCUT2D eigenvalue weighted by atomic mass is 15.0. The topological polar surface area (TPSA) is 38.7 Å². The molecule has 0 bridgehead atoms. The number of aromatic nitrogens is 3. The molecule has 0 aliphatic rings. The van der Waals surface area contributed by atoms with Crippen LogP contribution in [-0.4, -0.2) is 15.0 Å². The zero-order chi connectivity index (χ0) is 16.2. The van der Waals surface area contributed by atoms with E-state index in [0.717, 1.165) is 16.7 Å². The first-order valence-corrected chi connectivity index (χ1v) is 7.73. The number of rotatable bonds is 3. The Kier molecular flexibility index (Phi) is 3.82. The van der Waals surface area contributed by atoms with Crippen LogP contribution in [0.4, 0.5) is 0 Å². The second kappa shape index (κ2) is 6.42. The second-order valence-electron chi connectivity index (χ2n) is 5.33. The van der Waals surface area contributed by atoms with Crippen LogP contribution in [-0.2, 0) is 0 Å². The van der Waals surface area contributed by atoms with E-state index in [2.05, 4.69) is 21.0 Å². The largest absolute Gasteiger partial charge is 0.208 e. The highest BCUT2D eigenvalue weighted by molar-refractivity contribution is 5.66. The van der Waals surface area contributed by atoms with E-state index in [1.165, 1.54) is 0 Å². The fourth-order valence-electron chi connectivity index (χ4n) is 2.47. The van der Waals surface area contributed by atoms with Gasteiger partial charge in [-0.2, -0.15) is 0 Å². The molecule has 113 valence electrons. The average Bonchev–Trinajstić information content (AvgIpc) is 2.70. The van der Waals surface area contributed by atoms with E-state index in [9.17, 15) is 0 Å². The van der Waals surface area contributed by atoms with Crippen molar-refractivity contribution >= 4 is 0 Å². The van der Waals surface area contributed by atoms with Gasteiger partial charge in [-0.15, -0.1) is 0 Å². The third-order valence-corrected chi connectivity index (χ3v) is 3.68. The number of hydrogen-bond donors (Lipinski definition) is 0. The third kappa shape index (κ3) is 2.92. The van der Waals surface area contributed by atoms with Gasteiger partial charge in [0.05, 0.1) is 0 Å². The van der Waals surface area contributed by atoms with Crippen LogP contribution in [0.2, 0.25) is 0 Å². The summed E-state index contributed by atoms with van der Waals surface area (Å²) in [7, 11) is 0. The number of benzene rings is 3. The summed E-state index contributed by atoms with van der Waals surface area (Å²) in [4.78, 5) is 14.0. The van der Waals surface area contributed by atoms with Crippen molar-refractivity contribution in [3.8, 4) is 34.2 Å². The molecule has 24 heavy (non-hydrogen) atoms. The monoisotopic (exact) mass is 308 g/mol. The lowest BCUT2D eigenvalue weighted by atomic mass is 10.1. The maximum atomic E-state index is 4.67. The minimum atomic E-state index is 0.664. The molecule has 1 heterocycles. The Morgan fingerprint density at radius 3 is 1.25 bits per heavy atom. The average molecular weight is 308 g/mol. The van der Waals surface area contributed by atoms with E-state index in [1.54, 1.807) is 0 Å². The molecule has 0 fully saturated rings. The molecule has 4 aromatic rings. The van der Waals surface area contributed by atoms with Gasteiger partial charge >= 0.3 is 0 Å². The summed E-state index contributed by atoms with van der Waals surface area (Å²) in [6.07, 6.45) is 0. The summed E-state index contributed by atoms with van der Waals surface area (Å²) in [5.41, 5.74) is 2.90. The van der Waals surface area contributed by atoms with Gasteiger partial charge in [0.25, 0.3) is 0 Å². The van der Waals surface area contributed by atoms with Gasteiger partial charge in [0.15, 0.2) is 17.5 Å². The highest BCUT2D eigenvalue weighted by Gasteiger charge is 2.11. The van der Waals surface area contributed by atoms with Crippen molar-refractivity contribution < 1.29 is 0 Å². The summed E-state index contributed by atoms with van der Waals surface area (Å²) in [6, 6.07) is 30.6. The maximum absolute atomic E-state index is 4.67. The summed E-state index contributed by atoms with van der Waals surface area (Å²) in [6.45, 7) is 0. The molecule has 3 nitrogen and oxygen atoms in total. The van der Waals surface area contributed by atoms with Gasteiger partial charge in [-0.3, -0.25) is 0 Å². The van der Waals surface area contributed by atoms with Gasteiger partial charge in [0.2, 0.25) is 0 Å². The van der Waals surface area contributed by atoms with Crippen molar-refractivity contribution in [1.82, 2.24) is 15.0 Å². The summed E-state index contributed by atoms with van der Waals surface area (Å²) in [5, 5.41) is 0. The van der Waals surface area contributed by atoms with Crippen LogP contribution in [0.3, 0.4) is 0 Å². The SMILES string of the molecule is [c]1ccc(-c2nc(-c3ccccc3)nc(-c3ccccc3)n2)cc1. The van der Waals surface area contributed by atoms with E-state index in [1.807, 2.05) is 84.9 Å². The standard InChI is InChI=1S/C21H14N3/c1-4-10-16(11-5-1)19-22-20(17-12-6-2-7-13-17)24-21(23-19)18-14-8-3-9-15-18/h1-2,4-15H. The van der Waals surface area contributed by atoms with Crippen LogP contribution in [0.15, 0.2) is 84.9 Å². The van der Waals surface area contributed by atoms with Gasteiger partial charge in [-0.25, -0.2) is 15.0 Å². The Bertz CT molecular complexity index is 797. The Hall–Kier alpha value is -3.33. The molecule has 0 aliphatic carbocycles. The Morgan fingerprint density at radius 2 is 0.833 bits per heavy atom. The van der Waals surface area contributed by atoms with Gasteiger partial charge in [0, 0.05) is 16.7 Å². The first-order valence-electron chi connectivity index (χ1n) is 7.73. The molecule has 1 aromatic heterocycles. The van der Waals surface area contributed by atoms with Gasteiger partial charge in [-0.1, -0.05) is 84.9 Å². The molecule has 3 aromatic carbocycles. The lowest BCUT2D eigenvalue weighted by Gasteiger charge is -2.08. The Labute approximate surface area is 140 Å². The highest BCUT2D eigenvalue weighted by Crippen LogP contribution is 2.24. The normalized spacial score (nSPS) is 10.5. The molecule has 0 amide bonds. The molecule has 0 aliphatic heterocycles. The van der Waals surface area contributed by atoms with E-state index in [0.29, 0.717) is 17.5 Å². The van der Waals surface area contributed by atoms with Gasteiger partial charge < -0.3 is 0 Å². The first-order chi connectivity index (χ1) is 11.9. The Balaban J connectivity index is 1.92. The second-order valence-corrected chi connectivity index (χ2v) is 5.33. The summed E-state index contributed by atoms with van der Waals surface area (Å²) < 4.78 is 0. The smallest absolute Gasteiger partial charge is 0.164 e. The van der Waals surface area contributed by atoms with E-state index < -0.39 is 0 Å². The fourth-order valence-corrected chi connectivity index (χ4v) is 2.47. The lowest BCUT2D eigenvalue weighted by molar-refractivity contribution is 1.07. The molecule has 0 unspecified atom stereocenters. The van der Waals surface area contributed by atoms with E-state index in [4.69, 9.17) is 0 Å². The van der Waals surface area contributed by atoms with Crippen LogP contribution < -0.4 is 0 Å².